The minimum absolute atomic E-state index is 0. The summed E-state index contributed by atoms with van der Waals surface area (Å²) >= 11 is 0.125. The summed E-state index contributed by atoms with van der Waals surface area (Å²) in [4.78, 5) is 0. The molecule has 26 valence electrons. The van der Waals surface area contributed by atoms with E-state index in [1.165, 1.54) is 0 Å². The van der Waals surface area contributed by atoms with Crippen molar-refractivity contribution in [1.82, 2.24) is 0 Å². The molecule has 0 unspecified atom stereocenters. The Morgan fingerprint density at radius 3 is 1.20 bits per heavy atom. The SMILES string of the molecule is O=[SiH2].[InH3].[O]=[Zn]. The summed E-state index contributed by atoms with van der Waals surface area (Å²) in [6.45, 7) is 0. The van der Waals surface area contributed by atoms with Gasteiger partial charge in [-0.3, -0.25) is 0 Å². The molecule has 0 aromatic heterocycles. The van der Waals surface area contributed by atoms with Gasteiger partial charge < -0.3 is 4.46 Å². The zero-order valence-electron chi connectivity index (χ0n) is 2.23. The third-order valence-corrected chi connectivity index (χ3v) is 0. The van der Waals surface area contributed by atoms with Gasteiger partial charge in [-0.25, -0.2) is 0 Å². The Kier molecular flexibility index (Phi) is 187. The maximum atomic E-state index is 8.38. The van der Waals surface area contributed by atoms with Crippen molar-refractivity contribution in [3.63, 3.8) is 0 Å². The Morgan fingerprint density at radius 2 is 1.20 bits per heavy atom. The Bertz CT molecular complexity index is 11.6. The number of hydrogen-bond acceptors (Lipinski definition) is 2. The van der Waals surface area contributed by atoms with E-state index in [2.05, 4.69) is 0 Å². The van der Waals surface area contributed by atoms with Crippen LogP contribution in [-0.2, 0) is 26.3 Å². The van der Waals surface area contributed by atoms with Crippen LogP contribution in [0, 0.1) is 0 Å². The predicted octanol–water partition coefficient (Wildman–Crippen LogP) is -2.34. The Labute approximate surface area is 61.9 Å². The van der Waals surface area contributed by atoms with E-state index in [0.29, 0.717) is 10.1 Å². The van der Waals surface area contributed by atoms with Crippen LogP contribution in [0.2, 0.25) is 0 Å². The average molecular weight is 245 g/mol. The summed E-state index contributed by atoms with van der Waals surface area (Å²) in [5.41, 5.74) is 0. The maximum absolute atomic E-state index is 8.38. The van der Waals surface area contributed by atoms with Crippen molar-refractivity contribution in [1.29, 1.82) is 0 Å². The van der Waals surface area contributed by atoms with E-state index in [1.54, 1.807) is 0 Å². The zero-order chi connectivity index (χ0) is 4.00. The second-order valence-corrected chi connectivity index (χ2v) is 0. The van der Waals surface area contributed by atoms with Gasteiger partial charge >= 0.3 is 47.7 Å². The molecule has 0 saturated heterocycles. The second kappa shape index (κ2) is 57.5. The summed E-state index contributed by atoms with van der Waals surface area (Å²) < 4.78 is 16.7. The topological polar surface area (TPSA) is 34.1 Å². The summed E-state index contributed by atoms with van der Waals surface area (Å²) in [6, 6.07) is 0. The van der Waals surface area contributed by atoms with Crippen molar-refractivity contribution in [3.05, 3.63) is 0 Å². The summed E-state index contributed by atoms with van der Waals surface area (Å²) in [6.07, 6.45) is 0. The van der Waals surface area contributed by atoms with Gasteiger partial charge in [-0.05, 0) is 0 Å². The second-order valence-electron chi connectivity index (χ2n) is 0. The standard InChI is InChI=1S/In.H2OSi.O.Zn.3H/c;1-2;;;;;/h;2H2;;;;;. The van der Waals surface area contributed by atoms with Gasteiger partial charge in [0, 0.05) is 0 Å². The van der Waals surface area contributed by atoms with Crippen LogP contribution < -0.4 is 0 Å². The molecule has 0 N–H and O–H groups in total. The first-order chi connectivity index (χ1) is 2.00. The Balaban J connectivity index is -0.0000000133. The van der Waals surface area contributed by atoms with Gasteiger partial charge in [0.05, 0.1) is 0 Å². The first-order valence-electron chi connectivity index (χ1n) is 0.577. The van der Waals surface area contributed by atoms with Crippen LogP contribution in [0.4, 0.5) is 0 Å². The molecule has 5 heavy (non-hydrogen) atoms. The molecule has 0 spiro atoms. The molecule has 0 rings (SSSR count). The fourth-order valence-electron chi connectivity index (χ4n) is 0. The van der Waals surface area contributed by atoms with Crippen molar-refractivity contribution in [2.45, 2.75) is 0 Å². The van der Waals surface area contributed by atoms with E-state index in [0.717, 1.165) is 0 Å². The molecular formula is H5InO2SiZn. The van der Waals surface area contributed by atoms with Crippen molar-refractivity contribution in [2.75, 3.05) is 0 Å². The summed E-state index contributed by atoms with van der Waals surface area (Å²) in [5, 5.41) is 0. The molecule has 0 aliphatic heterocycles. The zero-order valence-corrected chi connectivity index (χ0v) is 6.61. The van der Waals surface area contributed by atoms with Crippen LogP contribution in [0.25, 0.3) is 0 Å². The molecule has 2 nitrogen and oxygen atoms in total. The van der Waals surface area contributed by atoms with Crippen LogP contribution >= 0.6 is 0 Å². The van der Waals surface area contributed by atoms with Crippen molar-refractivity contribution in [3.8, 4) is 0 Å². The first kappa shape index (κ1) is 16.2. The van der Waals surface area contributed by atoms with E-state index in [9.17, 15) is 0 Å². The van der Waals surface area contributed by atoms with E-state index >= 15 is 0 Å². The molecule has 0 aromatic rings. The molecule has 0 amide bonds. The molecule has 0 bridgehead atoms. The van der Waals surface area contributed by atoms with E-state index in [1.807, 2.05) is 0 Å². The first-order valence-corrected chi connectivity index (χ1v) is 2.37. The van der Waals surface area contributed by atoms with Gasteiger partial charge in [-0.2, -0.15) is 0 Å². The van der Waals surface area contributed by atoms with E-state index in [4.69, 9.17) is 8.04 Å². The van der Waals surface area contributed by atoms with Gasteiger partial charge in [-0.1, -0.05) is 0 Å². The molecule has 0 atom stereocenters. The van der Waals surface area contributed by atoms with Gasteiger partial charge in [0.1, 0.15) is 0 Å². The molecule has 0 aliphatic rings. The predicted molar refractivity (Wildman–Crippen MR) is 19.9 cm³/mol. The fourth-order valence-corrected chi connectivity index (χ4v) is 0. The average Bonchev–Trinajstić information content (AvgIpc) is 1.50. The van der Waals surface area contributed by atoms with E-state index < -0.39 is 0 Å². The molecule has 0 radical (unpaired) electrons. The van der Waals surface area contributed by atoms with E-state index in [-0.39, 0.29) is 44.1 Å². The number of hydrogen-bond donors (Lipinski definition) is 0. The normalized spacial score (nSPS) is 2.00. The quantitative estimate of drug-likeness (QED) is 0.448. The van der Waals surface area contributed by atoms with Crippen LogP contribution in [0.3, 0.4) is 0 Å². The summed E-state index contributed by atoms with van der Waals surface area (Å²) in [7, 11) is 0.611. The molecule has 0 fully saturated rings. The van der Waals surface area contributed by atoms with Gasteiger partial charge in [0.15, 0.2) is 0 Å². The molecule has 0 saturated carbocycles. The third kappa shape index (κ3) is 33.9. The third-order valence-electron chi connectivity index (χ3n) is 0. The molecule has 0 aliphatic carbocycles. The van der Waals surface area contributed by atoms with Gasteiger partial charge in [0.25, 0.3) is 0 Å². The van der Waals surface area contributed by atoms with Gasteiger partial charge in [-0.15, -0.1) is 0 Å². The minimum atomic E-state index is 0. The summed E-state index contributed by atoms with van der Waals surface area (Å²) in [5.74, 6) is 0. The Hall–Kier alpha value is 1.31. The fraction of sp³-hybridized carbons (Fsp3) is 0. The van der Waals surface area contributed by atoms with Crippen molar-refractivity contribution < 1.29 is 26.3 Å². The number of rotatable bonds is 0. The van der Waals surface area contributed by atoms with Crippen LogP contribution in [0.5, 0.6) is 0 Å². The monoisotopic (exact) mass is 244 g/mol. The molecule has 0 heterocycles. The van der Waals surface area contributed by atoms with Crippen LogP contribution in [0.15, 0.2) is 0 Å². The van der Waals surface area contributed by atoms with Gasteiger partial charge in [0.2, 0.25) is 10.1 Å². The van der Waals surface area contributed by atoms with Crippen molar-refractivity contribution in [2.24, 2.45) is 0 Å². The molecular weight excluding hydrogens is 240 g/mol. The Morgan fingerprint density at radius 1 is 1.20 bits per heavy atom. The van der Waals surface area contributed by atoms with Crippen LogP contribution in [-0.4, -0.2) is 36.0 Å². The molecule has 5 heteroatoms. The van der Waals surface area contributed by atoms with Crippen molar-refractivity contribution >= 4 is 36.0 Å². The molecule has 0 aromatic carbocycles. The van der Waals surface area contributed by atoms with Crippen LogP contribution in [0.1, 0.15) is 0 Å².